The van der Waals surface area contributed by atoms with Crippen LogP contribution in [0.2, 0.25) is 0 Å². The molecule has 7 heteroatoms. The van der Waals surface area contributed by atoms with E-state index in [-0.39, 0.29) is 6.10 Å². The number of nitrogens with one attached hydrogen (secondary N) is 2. The summed E-state index contributed by atoms with van der Waals surface area (Å²) >= 11 is 0. The lowest BCUT2D eigenvalue weighted by molar-refractivity contribution is 0.0398. The van der Waals surface area contributed by atoms with E-state index in [4.69, 9.17) is 9.47 Å². The number of ether oxygens (including phenoxy) is 2. The SMILES string of the molecule is CC(C)Oc1ccccc1Nc1cc(NCCN2CCOCC2)ncn1. The molecule has 1 saturated heterocycles. The van der Waals surface area contributed by atoms with Crippen molar-refractivity contribution in [2.24, 2.45) is 0 Å². The number of benzene rings is 1. The molecule has 0 radical (unpaired) electrons. The van der Waals surface area contributed by atoms with Crippen molar-refractivity contribution < 1.29 is 9.47 Å². The number of anilines is 3. The highest BCUT2D eigenvalue weighted by atomic mass is 16.5. The topological polar surface area (TPSA) is 71.5 Å². The van der Waals surface area contributed by atoms with Crippen LogP contribution in [0.5, 0.6) is 5.75 Å². The number of aromatic nitrogens is 2. The molecule has 2 N–H and O–H groups in total. The number of hydrogen-bond donors (Lipinski definition) is 2. The van der Waals surface area contributed by atoms with Gasteiger partial charge < -0.3 is 20.1 Å². The zero-order chi connectivity index (χ0) is 18.2. The van der Waals surface area contributed by atoms with Crippen LogP contribution in [0.1, 0.15) is 13.8 Å². The fourth-order valence-corrected chi connectivity index (χ4v) is 2.75. The molecule has 3 rings (SSSR count). The van der Waals surface area contributed by atoms with Crippen LogP contribution in [0, 0.1) is 0 Å². The summed E-state index contributed by atoms with van der Waals surface area (Å²) in [6, 6.07) is 9.77. The van der Waals surface area contributed by atoms with Crippen molar-refractivity contribution in [1.82, 2.24) is 14.9 Å². The van der Waals surface area contributed by atoms with Crippen LogP contribution < -0.4 is 15.4 Å². The molecule has 1 aromatic carbocycles. The summed E-state index contributed by atoms with van der Waals surface area (Å²) in [6.45, 7) is 9.45. The van der Waals surface area contributed by atoms with E-state index in [1.165, 1.54) is 0 Å². The molecule has 2 heterocycles. The smallest absolute Gasteiger partial charge is 0.143 e. The van der Waals surface area contributed by atoms with Gasteiger partial charge >= 0.3 is 0 Å². The summed E-state index contributed by atoms with van der Waals surface area (Å²) in [6.07, 6.45) is 1.67. The number of nitrogens with zero attached hydrogens (tertiary/aromatic N) is 3. The first-order valence-electron chi connectivity index (χ1n) is 9.09. The third-order valence-corrected chi connectivity index (χ3v) is 4.02. The Morgan fingerprint density at radius 1 is 1.15 bits per heavy atom. The molecule has 0 atom stereocenters. The van der Waals surface area contributed by atoms with Crippen LogP contribution in [-0.4, -0.2) is 60.4 Å². The average molecular weight is 357 g/mol. The van der Waals surface area contributed by atoms with Gasteiger partial charge in [0.1, 0.15) is 23.7 Å². The zero-order valence-electron chi connectivity index (χ0n) is 15.4. The van der Waals surface area contributed by atoms with Crippen LogP contribution in [0.25, 0.3) is 0 Å². The van der Waals surface area contributed by atoms with E-state index in [1.54, 1.807) is 6.33 Å². The monoisotopic (exact) mass is 357 g/mol. The fraction of sp³-hybridized carbons (Fsp3) is 0.474. The van der Waals surface area contributed by atoms with E-state index in [9.17, 15) is 0 Å². The van der Waals surface area contributed by atoms with Gasteiger partial charge in [-0.1, -0.05) is 12.1 Å². The second kappa shape index (κ2) is 9.35. The molecule has 1 aromatic heterocycles. The highest BCUT2D eigenvalue weighted by molar-refractivity contribution is 5.65. The largest absolute Gasteiger partial charge is 0.489 e. The molecule has 2 aromatic rings. The van der Waals surface area contributed by atoms with Gasteiger partial charge in [-0.05, 0) is 26.0 Å². The molecular weight excluding hydrogens is 330 g/mol. The van der Waals surface area contributed by atoms with Crippen molar-refractivity contribution in [3.05, 3.63) is 36.7 Å². The summed E-state index contributed by atoms with van der Waals surface area (Å²) in [5.74, 6) is 2.34. The van der Waals surface area contributed by atoms with Gasteiger partial charge in [0, 0.05) is 32.2 Å². The number of hydrogen-bond acceptors (Lipinski definition) is 7. The molecule has 0 amide bonds. The number of rotatable bonds is 8. The van der Waals surface area contributed by atoms with Gasteiger partial charge in [-0.2, -0.15) is 0 Å². The van der Waals surface area contributed by atoms with Gasteiger partial charge in [0.15, 0.2) is 0 Å². The normalized spacial score (nSPS) is 15.0. The summed E-state index contributed by atoms with van der Waals surface area (Å²) in [5, 5.41) is 6.68. The van der Waals surface area contributed by atoms with Crippen molar-refractivity contribution in [3.63, 3.8) is 0 Å². The van der Waals surface area contributed by atoms with Crippen LogP contribution >= 0.6 is 0 Å². The van der Waals surface area contributed by atoms with E-state index < -0.39 is 0 Å². The van der Waals surface area contributed by atoms with Gasteiger partial charge in [0.25, 0.3) is 0 Å². The Morgan fingerprint density at radius 2 is 1.92 bits per heavy atom. The maximum Gasteiger partial charge on any atom is 0.143 e. The van der Waals surface area contributed by atoms with Crippen molar-refractivity contribution in [2.75, 3.05) is 50.0 Å². The lowest BCUT2D eigenvalue weighted by Gasteiger charge is -2.26. The Kier molecular flexibility index (Phi) is 6.62. The van der Waals surface area contributed by atoms with Crippen molar-refractivity contribution in [2.45, 2.75) is 20.0 Å². The second-order valence-electron chi connectivity index (χ2n) is 6.46. The van der Waals surface area contributed by atoms with Gasteiger partial charge in [-0.15, -0.1) is 0 Å². The lowest BCUT2D eigenvalue weighted by atomic mass is 10.3. The van der Waals surface area contributed by atoms with Crippen LogP contribution in [0.4, 0.5) is 17.3 Å². The molecular formula is C19H27N5O2. The lowest BCUT2D eigenvalue weighted by Crippen LogP contribution is -2.39. The maximum atomic E-state index is 5.84. The average Bonchev–Trinajstić information content (AvgIpc) is 2.64. The van der Waals surface area contributed by atoms with Gasteiger partial charge in [0.05, 0.1) is 25.0 Å². The molecule has 0 bridgehead atoms. The van der Waals surface area contributed by atoms with Gasteiger partial charge in [0.2, 0.25) is 0 Å². The fourth-order valence-electron chi connectivity index (χ4n) is 2.75. The van der Waals surface area contributed by atoms with Gasteiger partial charge in [-0.3, -0.25) is 4.90 Å². The third-order valence-electron chi connectivity index (χ3n) is 4.02. The molecule has 0 unspecified atom stereocenters. The molecule has 0 saturated carbocycles. The Morgan fingerprint density at radius 3 is 2.73 bits per heavy atom. The molecule has 1 aliphatic rings. The highest BCUT2D eigenvalue weighted by Gasteiger charge is 2.10. The molecule has 1 aliphatic heterocycles. The molecule has 0 aliphatic carbocycles. The van der Waals surface area contributed by atoms with E-state index in [0.29, 0.717) is 0 Å². The Bertz CT molecular complexity index is 689. The van der Waals surface area contributed by atoms with Crippen LogP contribution in [-0.2, 0) is 4.74 Å². The van der Waals surface area contributed by atoms with E-state index in [2.05, 4.69) is 25.5 Å². The third kappa shape index (κ3) is 5.57. The minimum Gasteiger partial charge on any atom is -0.489 e. The molecule has 7 nitrogen and oxygen atoms in total. The Hall–Kier alpha value is -2.38. The van der Waals surface area contributed by atoms with Crippen LogP contribution in [0.15, 0.2) is 36.7 Å². The standard InChI is InChI=1S/C19H27N5O2/c1-15(2)26-17-6-4-3-5-16(17)23-19-13-18(21-14-22-19)20-7-8-24-9-11-25-12-10-24/h3-6,13-15H,7-12H2,1-2H3,(H2,20,21,22,23). The zero-order valence-corrected chi connectivity index (χ0v) is 15.4. The Labute approximate surface area is 154 Å². The van der Waals surface area contributed by atoms with Crippen molar-refractivity contribution in [3.8, 4) is 5.75 Å². The molecule has 0 spiro atoms. The minimum absolute atomic E-state index is 0.112. The quantitative estimate of drug-likeness (QED) is 0.753. The van der Waals surface area contributed by atoms with E-state index in [1.807, 2.05) is 44.2 Å². The number of para-hydroxylation sites is 2. The van der Waals surface area contributed by atoms with E-state index >= 15 is 0 Å². The van der Waals surface area contributed by atoms with Gasteiger partial charge in [-0.25, -0.2) is 9.97 Å². The molecule has 140 valence electrons. The van der Waals surface area contributed by atoms with Crippen molar-refractivity contribution in [1.29, 1.82) is 0 Å². The van der Waals surface area contributed by atoms with Crippen molar-refractivity contribution >= 4 is 17.3 Å². The maximum absolute atomic E-state index is 5.84. The second-order valence-corrected chi connectivity index (χ2v) is 6.46. The van der Waals surface area contributed by atoms with E-state index in [0.717, 1.165) is 62.5 Å². The first kappa shape index (κ1) is 18.4. The summed E-state index contributed by atoms with van der Waals surface area (Å²) in [5.41, 5.74) is 0.888. The highest BCUT2D eigenvalue weighted by Crippen LogP contribution is 2.27. The predicted molar refractivity (Wildman–Crippen MR) is 103 cm³/mol. The minimum atomic E-state index is 0.112. The number of morpholine rings is 1. The summed E-state index contributed by atoms with van der Waals surface area (Å²) in [7, 11) is 0. The summed E-state index contributed by atoms with van der Waals surface area (Å²) in [4.78, 5) is 11.0. The first-order chi connectivity index (χ1) is 12.7. The Balaban J connectivity index is 1.57. The molecule has 26 heavy (non-hydrogen) atoms. The first-order valence-corrected chi connectivity index (χ1v) is 9.09. The predicted octanol–water partition coefficient (Wildman–Crippen LogP) is 2.75. The van der Waals surface area contributed by atoms with Crippen LogP contribution in [0.3, 0.4) is 0 Å². The summed E-state index contributed by atoms with van der Waals surface area (Å²) < 4.78 is 11.2. The molecule has 1 fully saturated rings.